The molecular formula is C12H20N4OS. The summed E-state index contributed by atoms with van der Waals surface area (Å²) in [6.45, 7) is 3.90. The van der Waals surface area contributed by atoms with Gasteiger partial charge in [0.1, 0.15) is 12.0 Å². The summed E-state index contributed by atoms with van der Waals surface area (Å²) in [4.78, 5) is 8.27. The monoisotopic (exact) mass is 268 g/mol. The van der Waals surface area contributed by atoms with Crippen molar-refractivity contribution in [1.82, 2.24) is 9.97 Å². The third-order valence-electron chi connectivity index (χ3n) is 2.70. The van der Waals surface area contributed by atoms with E-state index in [2.05, 4.69) is 15.3 Å². The van der Waals surface area contributed by atoms with Crippen molar-refractivity contribution in [1.29, 1.82) is 0 Å². The van der Waals surface area contributed by atoms with Crippen molar-refractivity contribution >= 4 is 23.3 Å². The summed E-state index contributed by atoms with van der Waals surface area (Å²) >= 11 is 1.96. The van der Waals surface area contributed by atoms with E-state index in [1.165, 1.54) is 18.5 Å². The van der Waals surface area contributed by atoms with Crippen LogP contribution in [-0.2, 0) is 0 Å². The van der Waals surface area contributed by atoms with Gasteiger partial charge in [-0.2, -0.15) is 16.7 Å². The van der Waals surface area contributed by atoms with Gasteiger partial charge in [-0.1, -0.05) is 0 Å². The van der Waals surface area contributed by atoms with E-state index in [0.717, 1.165) is 12.2 Å². The predicted octanol–water partition coefficient (Wildman–Crippen LogP) is 2.15. The fourth-order valence-electron chi connectivity index (χ4n) is 1.86. The zero-order valence-corrected chi connectivity index (χ0v) is 11.7. The van der Waals surface area contributed by atoms with Gasteiger partial charge < -0.3 is 15.8 Å². The van der Waals surface area contributed by atoms with Crippen molar-refractivity contribution < 1.29 is 4.74 Å². The summed E-state index contributed by atoms with van der Waals surface area (Å²) in [6.07, 6.45) is 3.95. The molecule has 3 N–H and O–H groups in total. The number of hydrogen-bond acceptors (Lipinski definition) is 6. The van der Waals surface area contributed by atoms with Gasteiger partial charge in [-0.25, -0.2) is 4.98 Å². The Labute approximate surface area is 112 Å². The highest BCUT2D eigenvalue weighted by Crippen LogP contribution is 2.28. The standard InChI is InChI=1S/C12H20N4OS/c1-8(2)17-12-10(13)11(14-7-15-12)16-9-4-3-5-18-6-9/h7-9H,3-6,13H2,1-2H3,(H,14,15,16). The van der Waals surface area contributed by atoms with E-state index < -0.39 is 0 Å². The van der Waals surface area contributed by atoms with Crippen molar-refractivity contribution in [3.05, 3.63) is 6.33 Å². The van der Waals surface area contributed by atoms with Gasteiger partial charge >= 0.3 is 0 Å². The first-order chi connectivity index (χ1) is 8.66. The number of rotatable bonds is 4. The van der Waals surface area contributed by atoms with Gasteiger partial charge in [-0.05, 0) is 32.4 Å². The van der Waals surface area contributed by atoms with E-state index in [1.54, 1.807) is 0 Å². The highest BCUT2D eigenvalue weighted by molar-refractivity contribution is 7.99. The van der Waals surface area contributed by atoms with Crippen LogP contribution in [-0.4, -0.2) is 33.6 Å². The average molecular weight is 268 g/mol. The third-order valence-corrected chi connectivity index (χ3v) is 3.91. The molecule has 1 aliphatic heterocycles. The van der Waals surface area contributed by atoms with E-state index in [0.29, 0.717) is 23.4 Å². The molecule has 0 radical (unpaired) electrons. The highest BCUT2D eigenvalue weighted by atomic mass is 32.2. The molecule has 1 saturated heterocycles. The predicted molar refractivity (Wildman–Crippen MR) is 76.2 cm³/mol. The number of hydrogen-bond donors (Lipinski definition) is 2. The first-order valence-corrected chi connectivity index (χ1v) is 7.43. The molecule has 1 fully saturated rings. The molecule has 0 saturated carbocycles. The molecule has 2 heterocycles. The number of thioether (sulfide) groups is 1. The van der Waals surface area contributed by atoms with Crippen LogP contribution in [0, 0.1) is 0 Å². The molecule has 1 aromatic heterocycles. The summed E-state index contributed by atoms with van der Waals surface area (Å²) in [5.74, 6) is 3.50. The number of anilines is 2. The highest BCUT2D eigenvalue weighted by Gasteiger charge is 2.17. The van der Waals surface area contributed by atoms with E-state index >= 15 is 0 Å². The molecule has 1 aliphatic rings. The summed E-state index contributed by atoms with van der Waals surface area (Å²) in [5.41, 5.74) is 6.53. The molecular weight excluding hydrogens is 248 g/mol. The van der Waals surface area contributed by atoms with Crippen LogP contribution in [0.1, 0.15) is 26.7 Å². The smallest absolute Gasteiger partial charge is 0.242 e. The number of ether oxygens (including phenoxy) is 1. The normalized spacial score (nSPS) is 19.8. The van der Waals surface area contributed by atoms with Crippen molar-refractivity contribution in [2.24, 2.45) is 0 Å². The van der Waals surface area contributed by atoms with Gasteiger partial charge in [0.2, 0.25) is 5.88 Å². The quantitative estimate of drug-likeness (QED) is 0.871. The molecule has 2 rings (SSSR count). The third kappa shape index (κ3) is 3.41. The minimum Gasteiger partial charge on any atom is -0.473 e. The number of nitrogens with one attached hydrogen (secondary N) is 1. The maximum atomic E-state index is 6.03. The lowest BCUT2D eigenvalue weighted by Crippen LogP contribution is -2.27. The van der Waals surface area contributed by atoms with Crippen LogP contribution >= 0.6 is 11.8 Å². The zero-order chi connectivity index (χ0) is 13.0. The molecule has 0 amide bonds. The molecule has 5 nitrogen and oxygen atoms in total. The number of nitrogen functional groups attached to an aromatic ring is 1. The molecule has 0 aromatic carbocycles. The molecule has 100 valence electrons. The van der Waals surface area contributed by atoms with Crippen LogP contribution in [0.25, 0.3) is 0 Å². The molecule has 1 aromatic rings. The minimum atomic E-state index is 0.0558. The molecule has 0 bridgehead atoms. The second-order valence-electron chi connectivity index (χ2n) is 4.67. The van der Waals surface area contributed by atoms with Crippen LogP contribution in [0.15, 0.2) is 6.33 Å². The number of nitrogens with two attached hydrogens (primary N) is 1. The fourth-order valence-corrected chi connectivity index (χ4v) is 2.93. The Kier molecular flexibility index (Phi) is 4.52. The van der Waals surface area contributed by atoms with Gasteiger partial charge in [-0.15, -0.1) is 0 Å². The molecule has 0 aliphatic carbocycles. The maximum absolute atomic E-state index is 6.03. The SMILES string of the molecule is CC(C)Oc1ncnc(NC2CCCSC2)c1N. The summed E-state index contributed by atoms with van der Waals surface area (Å²) in [7, 11) is 0. The van der Waals surface area contributed by atoms with E-state index in [1.807, 2.05) is 25.6 Å². The van der Waals surface area contributed by atoms with Crippen LogP contribution in [0.4, 0.5) is 11.5 Å². The van der Waals surface area contributed by atoms with Gasteiger partial charge in [0.25, 0.3) is 0 Å². The number of aromatic nitrogens is 2. The molecule has 1 atom stereocenters. The maximum Gasteiger partial charge on any atom is 0.242 e. The molecule has 6 heteroatoms. The first-order valence-electron chi connectivity index (χ1n) is 6.28. The van der Waals surface area contributed by atoms with Crippen LogP contribution in [0.2, 0.25) is 0 Å². The number of nitrogens with zero attached hydrogens (tertiary/aromatic N) is 2. The molecule has 0 spiro atoms. The van der Waals surface area contributed by atoms with Crippen LogP contribution in [0.5, 0.6) is 5.88 Å². The van der Waals surface area contributed by atoms with Crippen molar-refractivity contribution in [2.75, 3.05) is 22.6 Å². The summed E-state index contributed by atoms with van der Waals surface area (Å²) in [6, 6.07) is 0.438. The largest absolute Gasteiger partial charge is 0.473 e. The first kappa shape index (κ1) is 13.3. The molecule has 18 heavy (non-hydrogen) atoms. The minimum absolute atomic E-state index is 0.0558. The lowest BCUT2D eigenvalue weighted by atomic mass is 10.2. The molecule has 1 unspecified atom stereocenters. The van der Waals surface area contributed by atoms with E-state index in [9.17, 15) is 0 Å². The zero-order valence-electron chi connectivity index (χ0n) is 10.8. The lowest BCUT2D eigenvalue weighted by molar-refractivity contribution is 0.234. The van der Waals surface area contributed by atoms with E-state index in [-0.39, 0.29) is 6.10 Å². The fraction of sp³-hybridized carbons (Fsp3) is 0.667. The van der Waals surface area contributed by atoms with Crippen LogP contribution in [0.3, 0.4) is 0 Å². The van der Waals surface area contributed by atoms with Crippen molar-refractivity contribution in [3.8, 4) is 5.88 Å². The van der Waals surface area contributed by atoms with Gasteiger partial charge in [0, 0.05) is 11.8 Å². The second-order valence-corrected chi connectivity index (χ2v) is 5.82. The Bertz CT molecular complexity index is 394. The van der Waals surface area contributed by atoms with Gasteiger partial charge in [0.15, 0.2) is 5.82 Å². The Morgan fingerprint density at radius 3 is 3.00 bits per heavy atom. The summed E-state index contributed by atoms with van der Waals surface area (Å²) < 4.78 is 5.55. The van der Waals surface area contributed by atoms with Gasteiger partial charge in [0.05, 0.1) is 6.10 Å². The van der Waals surface area contributed by atoms with Crippen molar-refractivity contribution in [3.63, 3.8) is 0 Å². The second kappa shape index (κ2) is 6.13. The van der Waals surface area contributed by atoms with E-state index in [4.69, 9.17) is 10.5 Å². The Balaban J connectivity index is 2.07. The van der Waals surface area contributed by atoms with Gasteiger partial charge in [-0.3, -0.25) is 0 Å². The lowest BCUT2D eigenvalue weighted by Gasteiger charge is -2.24. The Morgan fingerprint density at radius 1 is 1.50 bits per heavy atom. The summed E-state index contributed by atoms with van der Waals surface area (Å²) in [5, 5.41) is 3.39. The topological polar surface area (TPSA) is 73.1 Å². The Hall–Kier alpha value is -1.17. The van der Waals surface area contributed by atoms with Crippen LogP contribution < -0.4 is 15.8 Å². The van der Waals surface area contributed by atoms with Crippen molar-refractivity contribution in [2.45, 2.75) is 38.8 Å². The average Bonchev–Trinajstić information content (AvgIpc) is 2.35. The Morgan fingerprint density at radius 2 is 2.33 bits per heavy atom.